The second-order valence-corrected chi connectivity index (χ2v) is 8.27. The molecule has 2 aliphatic rings. The molecular formula is C23H27ClF3N3O2. The number of benzene rings is 1. The Morgan fingerprint density at radius 2 is 1.78 bits per heavy atom. The molecule has 4 rings (SSSR count). The second-order valence-electron chi connectivity index (χ2n) is 8.27. The van der Waals surface area contributed by atoms with Crippen molar-refractivity contribution in [1.29, 1.82) is 0 Å². The lowest BCUT2D eigenvalue weighted by molar-refractivity contribution is -0.137. The molecule has 2 fully saturated rings. The predicted molar refractivity (Wildman–Crippen MR) is 117 cm³/mol. The smallest absolute Gasteiger partial charge is 0.371 e. The normalized spacial score (nSPS) is 18.9. The highest BCUT2D eigenvalue weighted by molar-refractivity contribution is 5.92. The Morgan fingerprint density at radius 3 is 2.41 bits per heavy atom. The molecule has 1 amide bonds. The van der Waals surface area contributed by atoms with E-state index in [1.54, 1.807) is 4.90 Å². The number of hydrogen-bond donors (Lipinski definition) is 0. The van der Waals surface area contributed by atoms with E-state index in [4.69, 9.17) is 4.74 Å². The summed E-state index contributed by atoms with van der Waals surface area (Å²) in [6, 6.07) is 12.4. The van der Waals surface area contributed by atoms with Crippen LogP contribution in [0.25, 0.3) is 0 Å². The highest BCUT2D eigenvalue weighted by Crippen LogP contribution is 2.31. The maximum atomic E-state index is 12.8. The van der Waals surface area contributed by atoms with E-state index in [1.807, 2.05) is 18.2 Å². The fourth-order valence-electron chi connectivity index (χ4n) is 4.29. The van der Waals surface area contributed by atoms with Crippen molar-refractivity contribution in [3.05, 3.63) is 65.5 Å². The van der Waals surface area contributed by atoms with Crippen LogP contribution in [-0.2, 0) is 17.3 Å². The van der Waals surface area contributed by atoms with Crippen LogP contribution in [0.1, 0.15) is 34.5 Å². The Bertz CT molecular complexity index is 886. The quantitative estimate of drug-likeness (QED) is 0.677. The average molecular weight is 470 g/mol. The topological polar surface area (TPSA) is 45.7 Å². The number of piperidine rings is 1. The van der Waals surface area contributed by atoms with E-state index >= 15 is 0 Å². The number of alkyl halides is 3. The van der Waals surface area contributed by atoms with Gasteiger partial charge < -0.3 is 14.5 Å². The van der Waals surface area contributed by atoms with Gasteiger partial charge in [-0.2, -0.15) is 13.2 Å². The van der Waals surface area contributed by atoms with Crippen LogP contribution in [0.3, 0.4) is 0 Å². The molecular weight excluding hydrogens is 443 g/mol. The second kappa shape index (κ2) is 10.2. The molecule has 2 saturated heterocycles. The number of halogens is 4. The summed E-state index contributed by atoms with van der Waals surface area (Å²) in [4.78, 5) is 20.7. The Balaban J connectivity index is 0.00000289. The maximum absolute atomic E-state index is 12.8. The molecule has 0 atom stereocenters. The van der Waals surface area contributed by atoms with E-state index in [2.05, 4.69) is 22.0 Å². The van der Waals surface area contributed by atoms with Gasteiger partial charge in [0, 0.05) is 32.4 Å². The summed E-state index contributed by atoms with van der Waals surface area (Å²) in [6.45, 7) is 4.07. The summed E-state index contributed by atoms with van der Waals surface area (Å²) in [6.07, 6.45) is -1.10. The first kappa shape index (κ1) is 24.5. The molecule has 5 nitrogen and oxygen atoms in total. The van der Waals surface area contributed by atoms with Gasteiger partial charge in [-0.05, 0) is 37.0 Å². The van der Waals surface area contributed by atoms with Gasteiger partial charge in [0.25, 0.3) is 5.91 Å². The minimum atomic E-state index is -4.47. The van der Waals surface area contributed by atoms with Crippen LogP contribution in [0.15, 0.2) is 48.7 Å². The zero-order valence-electron chi connectivity index (χ0n) is 17.7. The molecule has 0 bridgehead atoms. The van der Waals surface area contributed by atoms with E-state index in [-0.39, 0.29) is 29.6 Å². The summed E-state index contributed by atoms with van der Waals surface area (Å²) < 4.78 is 44.3. The molecule has 1 spiro atoms. The summed E-state index contributed by atoms with van der Waals surface area (Å²) in [5.74, 6) is -0.345. The van der Waals surface area contributed by atoms with E-state index in [9.17, 15) is 18.0 Å². The monoisotopic (exact) mass is 469 g/mol. The number of carbonyl (C=O) groups is 1. The van der Waals surface area contributed by atoms with Crippen LogP contribution in [0, 0.1) is 0 Å². The Morgan fingerprint density at radius 1 is 1.06 bits per heavy atom. The number of pyridine rings is 1. The number of carbonyl (C=O) groups excluding carboxylic acids is 1. The van der Waals surface area contributed by atoms with Crippen LogP contribution in [-0.4, -0.2) is 65.6 Å². The third-order valence-electron chi connectivity index (χ3n) is 6.17. The van der Waals surface area contributed by atoms with Crippen molar-refractivity contribution < 1.29 is 22.7 Å². The van der Waals surface area contributed by atoms with Crippen LogP contribution in [0.5, 0.6) is 0 Å². The number of ether oxygens (including phenoxy) is 1. The molecule has 32 heavy (non-hydrogen) atoms. The van der Waals surface area contributed by atoms with Crippen LogP contribution >= 0.6 is 12.4 Å². The highest BCUT2D eigenvalue weighted by atomic mass is 35.5. The lowest BCUT2D eigenvalue weighted by Gasteiger charge is -2.47. The summed E-state index contributed by atoms with van der Waals surface area (Å²) in [7, 11) is 0. The molecule has 1 aromatic carbocycles. The molecule has 1 aromatic heterocycles. The molecule has 0 radical (unpaired) electrons. The summed E-state index contributed by atoms with van der Waals surface area (Å²) in [5, 5.41) is 0. The maximum Gasteiger partial charge on any atom is 0.417 e. The first-order chi connectivity index (χ1) is 14.8. The van der Waals surface area contributed by atoms with Gasteiger partial charge in [0.2, 0.25) is 0 Å². The Labute approximate surface area is 192 Å². The largest absolute Gasteiger partial charge is 0.417 e. The molecule has 2 aromatic rings. The van der Waals surface area contributed by atoms with Gasteiger partial charge in [0.05, 0.1) is 24.3 Å². The fraction of sp³-hybridized carbons (Fsp3) is 0.478. The molecule has 0 N–H and O–H groups in total. The lowest BCUT2D eigenvalue weighted by Crippen LogP contribution is -2.58. The standard InChI is InChI=1S/C23H26F3N3O2.ClH/c24-23(25,26)19-6-7-20(27-16-19)21(30)29-14-15-31-22(17-29)9-12-28(13-10-22)11-8-18-4-2-1-3-5-18;/h1-7,16H,8-15,17H2;1H. The first-order valence-electron chi connectivity index (χ1n) is 10.6. The number of amides is 1. The molecule has 0 unspecified atom stereocenters. The fourth-order valence-corrected chi connectivity index (χ4v) is 4.29. The Kier molecular flexibility index (Phi) is 7.79. The lowest BCUT2D eigenvalue weighted by atomic mass is 9.89. The molecule has 174 valence electrons. The molecule has 2 aliphatic heterocycles. The third-order valence-corrected chi connectivity index (χ3v) is 6.17. The number of hydrogen-bond acceptors (Lipinski definition) is 4. The van der Waals surface area contributed by atoms with Crippen LogP contribution < -0.4 is 0 Å². The van der Waals surface area contributed by atoms with Gasteiger partial charge in [-0.15, -0.1) is 12.4 Å². The summed E-state index contributed by atoms with van der Waals surface area (Å²) in [5.41, 5.74) is 0.108. The van der Waals surface area contributed by atoms with E-state index in [0.717, 1.165) is 51.0 Å². The minimum Gasteiger partial charge on any atom is -0.371 e. The first-order valence-corrected chi connectivity index (χ1v) is 10.6. The average Bonchev–Trinajstić information content (AvgIpc) is 2.79. The summed E-state index contributed by atoms with van der Waals surface area (Å²) >= 11 is 0. The van der Waals surface area contributed by atoms with Gasteiger partial charge >= 0.3 is 6.18 Å². The molecule has 0 aliphatic carbocycles. The van der Waals surface area contributed by atoms with Crippen LogP contribution in [0.2, 0.25) is 0 Å². The van der Waals surface area contributed by atoms with E-state index in [0.29, 0.717) is 25.9 Å². The Hall–Kier alpha value is -2.16. The van der Waals surface area contributed by atoms with Crippen LogP contribution in [0.4, 0.5) is 13.2 Å². The predicted octanol–water partition coefficient (Wildman–Crippen LogP) is 4.07. The number of aromatic nitrogens is 1. The zero-order valence-corrected chi connectivity index (χ0v) is 18.5. The van der Waals surface area contributed by atoms with Gasteiger partial charge in [-0.3, -0.25) is 9.78 Å². The van der Waals surface area contributed by atoms with Crippen molar-refractivity contribution in [3.63, 3.8) is 0 Å². The number of likely N-dealkylation sites (tertiary alicyclic amines) is 1. The van der Waals surface area contributed by atoms with E-state index < -0.39 is 11.7 Å². The highest BCUT2D eigenvalue weighted by Gasteiger charge is 2.41. The van der Waals surface area contributed by atoms with Gasteiger partial charge in [0.15, 0.2) is 0 Å². The van der Waals surface area contributed by atoms with Crippen molar-refractivity contribution >= 4 is 18.3 Å². The van der Waals surface area contributed by atoms with Crippen molar-refractivity contribution in [2.45, 2.75) is 31.0 Å². The minimum absolute atomic E-state index is 0. The molecule has 9 heteroatoms. The van der Waals surface area contributed by atoms with Crippen molar-refractivity contribution in [3.8, 4) is 0 Å². The number of rotatable bonds is 4. The molecule has 0 saturated carbocycles. The number of morpholine rings is 1. The van der Waals surface area contributed by atoms with E-state index in [1.165, 1.54) is 5.56 Å². The zero-order chi connectivity index (χ0) is 21.9. The third kappa shape index (κ3) is 5.79. The van der Waals surface area contributed by atoms with Gasteiger partial charge in [-0.25, -0.2) is 0 Å². The SMILES string of the molecule is Cl.O=C(c1ccc(C(F)(F)F)cn1)N1CCOC2(CCN(CCc3ccccc3)CC2)C1. The molecule has 3 heterocycles. The number of nitrogens with zero attached hydrogens (tertiary/aromatic N) is 3. The van der Waals surface area contributed by atoms with Crippen molar-refractivity contribution in [2.24, 2.45) is 0 Å². The van der Waals surface area contributed by atoms with Gasteiger partial charge in [0.1, 0.15) is 5.69 Å². The van der Waals surface area contributed by atoms with Crippen molar-refractivity contribution in [2.75, 3.05) is 39.3 Å². The van der Waals surface area contributed by atoms with Gasteiger partial charge in [-0.1, -0.05) is 30.3 Å². The van der Waals surface area contributed by atoms with Crippen molar-refractivity contribution in [1.82, 2.24) is 14.8 Å².